The van der Waals surface area contributed by atoms with Gasteiger partial charge in [0.2, 0.25) is 0 Å². The Bertz CT molecular complexity index is 388. The highest BCUT2D eigenvalue weighted by molar-refractivity contribution is 5.44. The van der Waals surface area contributed by atoms with E-state index in [1.807, 2.05) is 6.07 Å². The van der Waals surface area contributed by atoms with Crippen molar-refractivity contribution < 1.29 is 9.47 Å². The van der Waals surface area contributed by atoms with Crippen LogP contribution in [0.5, 0.6) is 11.5 Å². The van der Waals surface area contributed by atoms with Crippen molar-refractivity contribution in [2.75, 3.05) is 19.8 Å². The minimum atomic E-state index is 0.235. The van der Waals surface area contributed by atoms with E-state index < -0.39 is 0 Å². The molecule has 0 aromatic heterocycles. The van der Waals surface area contributed by atoms with Gasteiger partial charge >= 0.3 is 0 Å². The molecule has 0 saturated heterocycles. The summed E-state index contributed by atoms with van der Waals surface area (Å²) in [5, 5.41) is 0. The van der Waals surface area contributed by atoms with Crippen LogP contribution in [0.1, 0.15) is 25.8 Å². The Hall–Kier alpha value is -1.22. The van der Waals surface area contributed by atoms with Crippen molar-refractivity contribution in [3.8, 4) is 11.5 Å². The molecule has 1 aliphatic heterocycles. The first kappa shape index (κ1) is 12.2. The molecule has 1 heterocycles. The number of ether oxygens (including phenoxy) is 2. The molecule has 0 bridgehead atoms. The van der Waals surface area contributed by atoms with Crippen LogP contribution in [0.15, 0.2) is 18.2 Å². The summed E-state index contributed by atoms with van der Waals surface area (Å²) in [6.07, 6.45) is 2.04. The maximum absolute atomic E-state index is 5.63. The van der Waals surface area contributed by atoms with Gasteiger partial charge in [-0.1, -0.05) is 19.9 Å². The fraction of sp³-hybridized carbons (Fsp3) is 0.571. The first-order valence-corrected chi connectivity index (χ1v) is 6.19. The number of fused-ring (bicyclic) bond motifs is 1. The highest BCUT2D eigenvalue weighted by Gasteiger charge is 2.19. The van der Waals surface area contributed by atoms with Gasteiger partial charge < -0.3 is 15.2 Å². The van der Waals surface area contributed by atoms with Crippen LogP contribution in [0, 0.1) is 5.41 Å². The summed E-state index contributed by atoms with van der Waals surface area (Å²) in [5.41, 5.74) is 7.15. The fourth-order valence-electron chi connectivity index (χ4n) is 2.23. The Labute approximate surface area is 103 Å². The summed E-state index contributed by atoms with van der Waals surface area (Å²) < 4.78 is 11.1. The molecule has 0 unspecified atom stereocenters. The molecular formula is C14H21NO2. The molecule has 17 heavy (non-hydrogen) atoms. The summed E-state index contributed by atoms with van der Waals surface area (Å²) in [4.78, 5) is 0. The zero-order chi connectivity index (χ0) is 12.3. The smallest absolute Gasteiger partial charge is 0.161 e. The van der Waals surface area contributed by atoms with E-state index in [4.69, 9.17) is 15.2 Å². The monoisotopic (exact) mass is 235 g/mol. The Balaban J connectivity index is 2.11. The van der Waals surface area contributed by atoms with E-state index in [0.717, 1.165) is 30.9 Å². The zero-order valence-corrected chi connectivity index (χ0v) is 10.7. The SMILES string of the molecule is CC(C)(CCN)Cc1ccc2c(c1)OCCO2. The normalized spacial score (nSPS) is 14.8. The van der Waals surface area contributed by atoms with Crippen molar-refractivity contribution in [2.24, 2.45) is 11.1 Å². The van der Waals surface area contributed by atoms with Gasteiger partial charge in [0, 0.05) is 0 Å². The van der Waals surface area contributed by atoms with E-state index >= 15 is 0 Å². The molecule has 0 fully saturated rings. The molecule has 0 saturated carbocycles. The van der Waals surface area contributed by atoms with Crippen LogP contribution in [0.25, 0.3) is 0 Å². The molecule has 0 radical (unpaired) electrons. The van der Waals surface area contributed by atoms with E-state index in [1.54, 1.807) is 0 Å². The highest BCUT2D eigenvalue weighted by atomic mass is 16.6. The first-order valence-electron chi connectivity index (χ1n) is 6.19. The third kappa shape index (κ3) is 3.13. The third-order valence-electron chi connectivity index (χ3n) is 3.11. The number of nitrogens with two attached hydrogens (primary N) is 1. The molecule has 2 N–H and O–H groups in total. The second-order valence-electron chi connectivity index (χ2n) is 5.36. The molecule has 2 rings (SSSR count). The quantitative estimate of drug-likeness (QED) is 0.871. The Morgan fingerprint density at radius 2 is 1.88 bits per heavy atom. The minimum absolute atomic E-state index is 0.235. The molecule has 3 heteroatoms. The van der Waals surface area contributed by atoms with Crippen LogP contribution < -0.4 is 15.2 Å². The number of hydrogen-bond donors (Lipinski definition) is 1. The van der Waals surface area contributed by atoms with Gasteiger partial charge in [0.15, 0.2) is 11.5 Å². The van der Waals surface area contributed by atoms with Crippen molar-refractivity contribution in [1.29, 1.82) is 0 Å². The van der Waals surface area contributed by atoms with E-state index in [0.29, 0.717) is 13.2 Å². The molecule has 0 aliphatic carbocycles. The maximum Gasteiger partial charge on any atom is 0.161 e. The van der Waals surface area contributed by atoms with Gasteiger partial charge in [0.25, 0.3) is 0 Å². The van der Waals surface area contributed by atoms with Crippen molar-refractivity contribution in [1.82, 2.24) is 0 Å². The Morgan fingerprint density at radius 1 is 1.18 bits per heavy atom. The van der Waals surface area contributed by atoms with Crippen molar-refractivity contribution in [3.63, 3.8) is 0 Å². The summed E-state index contributed by atoms with van der Waals surface area (Å²) in [5.74, 6) is 1.73. The molecule has 1 aliphatic rings. The van der Waals surface area contributed by atoms with E-state index in [9.17, 15) is 0 Å². The summed E-state index contributed by atoms with van der Waals surface area (Å²) in [6.45, 7) is 6.51. The summed E-state index contributed by atoms with van der Waals surface area (Å²) in [7, 11) is 0. The van der Waals surface area contributed by atoms with E-state index in [1.165, 1.54) is 5.56 Å². The number of benzene rings is 1. The first-order chi connectivity index (χ1) is 8.11. The molecule has 0 amide bonds. The Kier molecular flexibility index (Phi) is 3.57. The zero-order valence-electron chi connectivity index (χ0n) is 10.7. The van der Waals surface area contributed by atoms with Gasteiger partial charge in [0.05, 0.1) is 0 Å². The van der Waals surface area contributed by atoms with Crippen molar-refractivity contribution in [3.05, 3.63) is 23.8 Å². The van der Waals surface area contributed by atoms with Gasteiger partial charge in [-0.15, -0.1) is 0 Å². The largest absolute Gasteiger partial charge is 0.486 e. The van der Waals surface area contributed by atoms with Gasteiger partial charge in [-0.05, 0) is 42.5 Å². The molecule has 94 valence electrons. The maximum atomic E-state index is 5.63. The average Bonchev–Trinajstić information content (AvgIpc) is 2.28. The fourth-order valence-corrected chi connectivity index (χ4v) is 2.23. The standard InChI is InChI=1S/C14H21NO2/c1-14(2,5-6-15)10-11-3-4-12-13(9-11)17-8-7-16-12/h3-4,9H,5-8,10,15H2,1-2H3. The van der Waals surface area contributed by atoms with Crippen molar-refractivity contribution in [2.45, 2.75) is 26.7 Å². The molecular weight excluding hydrogens is 214 g/mol. The lowest BCUT2D eigenvalue weighted by Gasteiger charge is -2.25. The average molecular weight is 235 g/mol. The topological polar surface area (TPSA) is 44.5 Å². The molecule has 1 aromatic rings. The third-order valence-corrected chi connectivity index (χ3v) is 3.11. The van der Waals surface area contributed by atoms with Crippen molar-refractivity contribution >= 4 is 0 Å². The van der Waals surface area contributed by atoms with Gasteiger partial charge in [0.1, 0.15) is 13.2 Å². The van der Waals surface area contributed by atoms with E-state index in [2.05, 4.69) is 26.0 Å². The number of rotatable bonds is 4. The van der Waals surface area contributed by atoms with E-state index in [-0.39, 0.29) is 5.41 Å². The van der Waals surface area contributed by atoms with Crippen LogP contribution in [0.2, 0.25) is 0 Å². The summed E-state index contributed by atoms with van der Waals surface area (Å²) >= 11 is 0. The molecule has 0 atom stereocenters. The lowest BCUT2D eigenvalue weighted by Crippen LogP contribution is -2.20. The van der Waals surface area contributed by atoms with Crippen LogP contribution in [-0.2, 0) is 6.42 Å². The Morgan fingerprint density at radius 3 is 2.59 bits per heavy atom. The van der Waals surface area contributed by atoms with Crippen LogP contribution in [0.3, 0.4) is 0 Å². The number of hydrogen-bond acceptors (Lipinski definition) is 3. The lowest BCUT2D eigenvalue weighted by molar-refractivity contribution is 0.171. The van der Waals surface area contributed by atoms with Gasteiger partial charge in [-0.3, -0.25) is 0 Å². The molecule has 3 nitrogen and oxygen atoms in total. The van der Waals surface area contributed by atoms with Crippen LogP contribution >= 0.6 is 0 Å². The second kappa shape index (κ2) is 4.96. The minimum Gasteiger partial charge on any atom is -0.486 e. The molecule has 1 aromatic carbocycles. The summed E-state index contributed by atoms with van der Waals surface area (Å²) in [6, 6.07) is 6.21. The lowest BCUT2D eigenvalue weighted by atomic mass is 9.82. The van der Waals surface area contributed by atoms with Crippen LogP contribution in [-0.4, -0.2) is 19.8 Å². The highest BCUT2D eigenvalue weighted by Crippen LogP contribution is 2.33. The van der Waals surface area contributed by atoms with Gasteiger partial charge in [-0.25, -0.2) is 0 Å². The second-order valence-corrected chi connectivity index (χ2v) is 5.36. The predicted octanol–water partition coefficient (Wildman–Crippen LogP) is 2.38. The van der Waals surface area contributed by atoms with Crippen LogP contribution in [0.4, 0.5) is 0 Å². The van der Waals surface area contributed by atoms with Gasteiger partial charge in [-0.2, -0.15) is 0 Å². The predicted molar refractivity (Wildman–Crippen MR) is 68.6 cm³/mol. The molecule has 0 spiro atoms.